The molecule has 13 nitrogen and oxygen atoms in total. The van der Waals surface area contributed by atoms with Crippen LogP contribution in [-0.2, 0) is 27.2 Å². The van der Waals surface area contributed by atoms with Crippen LogP contribution < -0.4 is 26.2 Å². The molecule has 0 spiro atoms. The number of allylic oxidation sites excluding steroid dienone is 1. The molecule has 2 amide bonds. The molecule has 0 radical (unpaired) electrons. The van der Waals surface area contributed by atoms with Crippen molar-refractivity contribution in [2.45, 2.75) is 70.2 Å². The van der Waals surface area contributed by atoms with Gasteiger partial charge in [0.15, 0.2) is 0 Å². The largest absolute Gasteiger partial charge is 0.453 e. The van der Waals surface area contributed by atoms with Gasteiger partial charge in [0.05, 0.1) is 31.3 Å². The number of amides is 2. The summed E-state index contributed by atoms with van der Waals surface area (Å²) in [5.74, 6) is 3.48. The van der Waals surface area contributed by atoms with E-state index in [2.05, 4.69) is 42.0 Å². The Kier molecular flexibility index (Phi) is 17.1. The highest BCUT2D eigenvalue weighted by atomic mass is 19.4. The standard InChI is InChI=1S/C44H51F7N8O5/c1-43(2,44(49,50)51)39(57-42(62)63-3)40(61)56-36(37(60)25-53-24-33-34(45)19-30(20-35(33)46)31(21-52)23-55-41(47)48)18-28-7-4-27(5-8-28)6-9-29-10-11-38(54-22-29)59-15-13-58(14-16-59)32-12-17-64-26-32/h4-5,7-8,10-11,19-23,32,36-37,39,41,52-53,55,60H,12-18,24-26H2,1-3H3,(H,56,61)(H,57,62)/b31-23+,52-21?/t32?,36-,37-,39+/m0/s1. The fourth-order valence-electron chi connectivity index (χ4n) is 7.15. The summed E-state index contributed by atoms with van der Waals surface area (Å²) in [6.45, 7) is 2.61. The number of hydrogen-bond donors (Lipinski definition) is 6. The van der Waals surface area contributed by atoms with E-state index in [1.165, 1.54) is 0 Å². The van der Waals surface area contributed by atoms with Crippen molar-refractivity contribution in [3.63, 3.8) is 0 Å². The SMILES string of the molecule is COC(=O)N[C@H](C(=O)N[C@@H](Cc1ccc(C#Cc2ccc(N3CCN(C4CCOC4)CC3)nc2)cc1)[C@@H](O)CNCc1c(F)cc(/C(C=N)=C/NC(F)F)cc1F)C(C)(C)C(F)(F)F. The minimum atomic E-state index is -4.99. The van der Waals surface area contributed by atoms with E-state index in [4.69, 9.17) is 10.1 Å². The van der Waals surface area contributed by atoms with E-state index in [1.54, 1.807) is 35.8 Å². The number of methoxy groups -OCH3 is 1. The van der Waals surface area contributed by atoms with E-state index in [0.717, 1.165) is 77.1 Å². The number of carbonyl (C=O) groups excluding carboxylic acids is 2. The molecule has 20 heteroatoms. The molecule has 5 rings (SSSR count). The molecule has 0 aliphatic carbocycles. The Morgan fingerprint density at radius 1 is 1.02 bits per heavy atom. The summed E-state index contributed by atoms with van der Waals surface area (Å²) in [5.41, 5.74) is -1.99. The lowest BCUT2D eigenvalue weighted by molar-refractivity contribution is -0.220. The third-order valence-electron chi connectivity index (χ3n) is 11.2. The number of halogens is 7. The maximum absolute atomic E-state index is 15.1. The number of benzene rings is 2. The van der Waals surface area contributed by atoms with Crippen LogP contribution in [0.1, 0.15) is 48.1 Å². The molecule has 2 fully saturated rings. The third kappa shape index (κ3) is 13.2. The van der Waals surface area contributed by atoms with E-state index in [9.17, 15) is 36.6 Å². The number of pyridine rings is 1. The predicted octanol–water partition coefficient (Wildman–Crippen LogP) is 4.96. The molecule has 1 unspecified atom stereocenters. The predicted molar refractivity (Wildman–Crippen MR) is 224 cm³/mol. The molecule has 4 atom stereocenters. The zero-order valence-corrected chi connectivity index (χ0v) is 35.4. The molecule has 1 aromatic heterocycles. The first-order valence-electron chi connectivity index (χ1n) is 20.4. The van der Waals surface area contributed by atoms with E-state index >= 15 is 8.78 Å². The van der Waals surface area contributed by atoms with Crippen molar-refractivity contribution in [2.24, 2.45) is 5.41 Å². The van der Waals surface area contributed by atoms with Crippen molar-refractivity contribution in [3.05, 3.63) is 100 Å². The number of piperazine rings is 1. The number of carbonyl (C=O) groups is 2. The lowest BCUT2D eigenvalue weighted by Gasteiger charge is -2.38. The van der Waals surface area contributed by atoms with Crippen molar-refractivity contribution in [1.82, 2.24) is 31.2 Å². The highest BCUT2D eigenvalue weighted by molar-refractivity contribution is 6.08. The van der Waals surface area contributed by atoms with Gasteiger partial charge < -0.3 is 46.2 Å². The Hall–Kier alpha value is -5.75. The van der Waals surface area contributed by atoms with Crippen LogP contribution in [-0.4, -0.2) is 123 Å². The molecular weight excluding hydrogens is 854 g/mol. The fraction of sp³-hybridized carbons (Fsp3) is 0.455. The highest BCUT2D eigenvalue weighted by Gasteiger charge is 2.56. The van der Waals surface area contributed by atoms with E-state index in [0.29, 0.717) is 42.8 Å². The number of nitrogens with one attached hydrogen (secondary N) is 5. The summed E-state index contributed by atoms with van der Waals surface area (Å²) in [6, 6.07) is 9.03. The minimum absolute atomic E-state index is 0.156. The van der Waals surface area contributed by atoms with Gasteiger partial charge in [-0.15, -0.1) is 0 Å². The normalized spacial score (nSPS) is 17.5. The summed E-state index contributed by atoms with van der Waals surface area (Å²) in [4.78, 5) is 35.0. The Morgan fingerprint density at radius 2 is 1.67 bits per heavy atom. The molecule has 64 heavy (non-hydrogen) atoms. The molecule has 0 bridgehead atoms. The van der Waals surface area contributed by atoms with Crippen molar-refractivity contribution >= 4 is 29.6 Å². The summed E-state index contributed by atoms with van der Waals surface area (Å²) in [7, 11) is 0.911. The average molecular weight is 905 g/mol. The van der Waals surface area contributed by atoms with Gasteiger partial charge in [-0.1, -0.05) is 24.0 Å². The third-order valence-corrected chi connectivity index (χ3v) is 11.2. The van der Waals surface area contributed by atoms with Gasteiger partial charge in [0.2, 0.25) is 5.91 Å². The topological polar surface area (TPSA) is 164 Å². The number of hydrogen-bond acceptors (Lipinski definition) is 11. The lowest BCUT2D eigenvalue weighted by atomic mass is 9.82. The molecular formula is C44H51F7N8O5. The number of aliphatic hydroxyl groups is 1. The number of anilines is 1. The molecule has 6 N–H and O–H groups in total. The maximum atomic E-state index is 15.1. The second-order valence-corrected chi connectivity index (χ2v) is 15.8. The minimum Gasteiger partial charge on any atom is -0.453 e. The molecule has 2 aliphatic heterocycles. The fourth-order valence-corrected chi connectivity index (χ4v) is 7.15. The molecule has 3 heterocycles. The van der Waals surface area contributed by atoms with Gasteiger partial charge in [-0.05, 0) is 74.2 Å². The second-order valence-electron chi connectivity index (χ2n) is 15.8. The zero-order valence-electron chi connectivity index (χ0n) is 35.4. The highest BCUT2D eigenvalue weighted by Crippen LogP contribution is 2.40. The van der Waals surface area contributed by atoms with Crippen LogP contribution in [0, 0.1) is 34.3 Å². The molecule has 346 valence electrons. The average Bonchev–Trinajstić information content (AvgIpc) is 3.81. The number of alkyl carbamates (subject to hydrolysis) is 1. The van der Waals surface area contributed by atoms with Gasteiger partial charge in [0.25, 0.3) is 0 Å². The monoisotopic (exact) mass is 904 g/mol. The van der Waals surface area contributed by atoms with Gasteiger partial charge in [0.1, 0.15) is 23.5 Å². The Labute approximate surface area is 366 Å². The van der Waals surface area contributed by atoms with Crippen LogP contribution in [0.4, 0.5) is 41.3 Å². The number of alkyl halides is 5. The van der Waals surface area contributed by atoms with Crippen LogP contribution in [0.5, 0.6) is 0 Å². The van der Waals surface area contributed by atoms with Gasteiger partial charge in [-0.25, -0.2) is 18.6 Å². The van der Waals surface area contributed by atoms with E-state index < -0.39 is 78.6 Å². The molecule has 0 saturated carbocycles. The van der Waals surface area contributed by atoms with Crippen LogP contribution in [0.2, 0.25) is 0 Å². The summed E-state index contributed by atoms with van der Waals surface area (Å²) >= 11 is 0. The van der Waals surface area contributed by atoms with Crippen molar-refractivity contribution in [1.29, 1.82) is 5.41 Å². The van der Waals surface area contributed by atoms with Crippen molar-refractivity contribution < 1.29 is 54.9 Å². The summed E-state index contributed by atoms with van der Waals surface area (Å²) < 4.78 is 108. The molecule has 2 aromatic carbocycles. The van der Waals surface area contributed by atoms with Crippen LogP contribution in [0.15, 0.2) is 60.9 Å². The number of aromatic nitrogens is 1. The molecule has 2 aliphatic rings. The van der Waals surface area contributed by atoms with Crippen LogP contribution in [0.3, 0.4) is 0 Å². The first kappa shape index (κ1) is 49.3. The van der Waals surface area contributed by atoms with Crippen LogP contribution >= 0.6 is 0 Å². The van der Waals surface area contributed by atoms with E-state index in [1.807, 2.05) is 17.4 Å². The maximum Gasteiger partial charge on any atom is 0.407 e. The van der Waals surface area contributed by atoms with Gasteiger partial charge in [-0.2, -0.15) is 22.0 Å². The van der Waals surface area contributed by atoms with Crippen molar-refractivity contribution in [2.75, 3.05) is 57.9 Å². The Bertz CT molecular complexity index is 2130. The first-order chi connectivity index (χ1) is 30.4. The van der Waals surface area contributed by atoms with Crippen LogP contribution in [0.25, 0.3) is 5.57 Å². The van der Waals surface area contributed by atoms with Gasteiger partial charge in [-0.3, -0.25) is 9.69 Å². The lowest BCUT2D eigenvalue weighted by Crippen LogP contribution is -2.62. The number of ether oxygens (including phenoxy) is 2. The van der Waals surface area contributed by atoms with Gasteiger partial charge in [0, 0.05) is 92.8 Å². The van der Waals surface area contributed by atoms with E-state index in [-0.39, 0.29) is 17.6 Å². The Morgan fingerprint density at radius 3 is 2.23 bits per heavy atom. The Balaban J connectivity index is 1.28. The number of rotatable bonds is 17. The van der Waals surface area contributed by atoms with Gasteiger partial charge >= 0.3 is 18.8 Å². The quantitative estimate of drug-likeness (QED) is 0.0473. The molecule has 3 aromatic rings. The second kappa shape index (κ2) is 22.2. The smallest absolute Gasteiger partial charge is 0.407 e. The number of nitrogens with zero attached hydrogens (tertiary/aromatic N) is 3. The zero-order chi connectivity index (χ0) is 46.6. The summed E-state index contributed by atoms with van der Waals surface area (Å²) in [5, 5.41) is 27.4. The first-order valence-corrected chi connectivity index (χ1v) is 20.4. The summed E-state index contributed by atoms with van der Waals surface area (Å²) in [6.07, 6.45) is -3.94. The van der Waals surface area contributed by atoms with Crippen molar-refractivity contribution in [3.8, 4) is 11.8 Å². The molecule has 2 saturated heterocycles. The number of aliphatic hydroxyl groups excluding tert-OH is 1.